The Morgan fingerprint density at radius 2 is 1.87 bits per heavy atom. The lowest BCUT2D eigenvalue weighted by atomic mass is 9.93. The zero-order valence-corrected chi connectivity index (χ0v) is 31.0. The summed E-state index contributed by atoms with van der Waals surface area (Å²) in [6, 6.07) is 8.21. The molecule has 286 valence electrons. The molecular formula is C36H38ClF4N8O4S+. The molecular weight excluding hydrogens is 752 g/mol. The van der Waals surface area contributed by atoms with Gasteiger partial charge in [-0.05, 0) is 68.5 Å². The Hall–Kier alpha value is -4.57. The highest BCUT2D eigenvalue weighted by Gasteiger charge is 2.68. The number of aromatic nitrogens is 3. The van der Waals surface area contributed by atoms with Gasteiger partial charge in [0.05, 0.1) is 39.5 Å². The third-order valence-electron chi connectivity index (χ3n) is 9.13. The molecule has 2 heterocycles. The molecule has 0 spiro atoms. The molecule has 0 radical (unpaired) electrons. The van der Waals surface area contributed by atoms with Gasteiger partial charge >= 0.3 is 5.92 Å². The fraction of sp³-hybridized carbons (Fsp3) is 0.361. The molecule has 0 bridgehead atoms. The lowest BCUT2D eigenvalue weighted by Crippen LogP contribution is -2.88. The van der Waals surface area contributed by atoms with Crippen LogP contribution < -0.4 is 21.1 Å². The van der Waals surface area contributed by atoms with Crippen molar-refractivity contribution in [1.29, 1.82) is 5.41 Å². The number of aliphatic hydroxyl groups excluding tert-OH is 1. The van der Waals surface area contributed by atoms with Crippen molar-refractivity contribution in [3.05, 3.63) is 87.3 Å². The van der Waals surface area contributed by atoms with Crippen LogP contribution in [-0.2, 0) is 23.5 Å². The first-order chi connectivity index (χ1) is 25.1. The maximum Gasteiger partial charge on any atom is 0.323 e. The first kappa shape index (κ1) is 39.1. The number of anilines is 1. The number of rotatable bonds is 12. The van der Waals surface area contributed by atoms with Crippen molar-refractivity contribution in [2.45, 2.75) is 50.5 Å². The zero-order chi connectivity index (χ0) is 39.5. The zero-order valence-electron chi connectivity index (χ0n) is 29.5. The van der Waals surface area contributed by atoms with E-state index in [-0.39, 0.29) is 58.1 Å². The van der Waals surface area contributed by atoms with Gasteiger partial charge in [-0.15, -0.1) is 0 Å². The van der Waals surface area contributed by atoms with Gasteiger partial charge in [-0.2, -0.15) is 13.9 Å². The van der Waals surface area contributed by atoms with E-state index in [1.165, 1.54) is 24.6 Å². The summed E-state index contributed by atoms with van der Waals surface area (Å²) in [5.41, 5.74) is 5.63. The SMILES string of the molecule is Cn1nc(NS(C)(=O)=O)c2c(Cl)ccc(-c3ccc(C#CC(C)(C)O)nc3C(Cc3cc(F)cc(F)c3)NC(O)C[NH2+]C3=C(C(=N)N)C4CC4C3(F)F)c21. The normalized spacial score (nSPS) is 18.9. The highest BCUT2D eigenvalue weighted by Crippen LogP contribution is 2.61. The minimum absolute atomic E-state index is 0.0412. The number of pyridine rings is 1. The number of hydrogen-bond donors (Lipinski definition) is 7. The van der Waals surface area contributed by atoms with Crippen LogP contribution in [0.4, 0.5) is 23.4 Å². The summed E-state index contributed by atoms with van der Waals surface area (Å²) >= 11 is 6.59. The van der Waals surface area contributed by atoms with Crippen LogP contribution in [0.1, 0.15) is 43.3 Å². The van der Waals surface area contributed by atoms with E-state index in [2.05, 4.69) is 27.0 Å². The van der Waals surface area contributed by atoms with Gasteiger partial charge in [-0.1, -0.05) is 23.6 Å². The van der Waals surface area contributed by atoms with Gasteiger partial charge in [0.2, 0.25) is 10.0 Å². The van der Waals surface area contributed by atoms with Crippen molar-refractivity contribution in [2.24, 2.45) is 24.6 Å². The fourth-order valence-electron chi connectivity index (χ4n) is 6.91. The van der Waals surface area contributed by atoms with Gasteiger partial charge in [-0.25, -0.2) is 22.2 Å². The number of aliphatic hydroxyl groups is 2. The molecule has 0 saturated heterocycles. The van der Waals surface area contributed by atoms with E-state index in [0.29, 0.717) is 22.7 Å². The van der Waals surface area contributed by atoms with E-state index in [4.69, 9.17) is 27.7 Å². The Bertz CT molecular complexity index is 2370. The smallest absolute Gasteiger partial charge is 0.323 e. The average molecular weight is 790 g/mol. The highest BCUT2D eigenvalue weighted by atomic mass is 35.5. The van der Waals surface area contributed by atoms with Crippen LogP contribution in [-0.4, -0.2) is 69.8 Å². The summed E-state index contributed by atoms with van der Waals surface area (Å²) in [4.78, 5) is 4.78. The molecule has 2 aromatic carbocycles. The molecule has 2 aromatic heterocycles. The van der Waals surface area contributed by atoms with E-state index in [1.54, 1.807) is 25.2 Å². The van der Waals surface area contributed by atoms with Crippen LogP contribution in [0.25, 0.3) is 22.0 Å². The van der Waals surface area contributed by atoms with Crippen LogP contribution in [0, 0.1) is 40.7 Å². The number of sulfonamides is 1. The summed E-state index contributed by atoms with van der Waals surface area (Å²) in [6.45, 7) is 2.59. The van der Waals surface area contributed by atoms with Crippen molar-refractivity contribution < 1.29 is 41.5 Å². The number of benzene rings is 2. The third-order valence-corrected chi connectivity index (χ3v) is 10.0. The number of quaternary nitrogens is 1. The molecule has 9 N–H and O–H groups in total. The second-order valence-corrected chi connectivity index (χ2v) is 16.2. The average Bonchev–Trinajstić information content (AvgIpc) is 3.72. The van der Waals surface area contributed by atoms with Crippen LogP contribution in [0.3, 0.4) is 0 Å². The molecule has 0 aliphatic heterocycles. The van der Waals surface area contributed by atoms with E-state index < -0.39 is 68.8 Å². The van der Waals surface area contributed by atoms with Gasteiger partial charge < -0.3 is 21.3 Å². The van der Waals surface area contributed by atoms with Crippen LogP contribution in [0.5, 0.6) is 0 Å². The molecule has 1 fully saturated rings. The molecule has 0 amide bonds. The number of allylic oxidation sites excluding steroid dienone is 1. The van der Waals surface area contributed by atoms with Crippen molar-refractivity contribution >= 4 is 44.2 Å². The lowest BCUT2D eigenvalue weighted by molar-refractivity contribution is -0.628. The standard InChI is InChI=1S/C36H37ClF4N8O4S/c1-35(2,51)10-9-20-5-6-21(22-7-8-25(37)29-31(22)49(3)47-34(29)48-54(4,52)53)30(45-20)26(13-17-11-18(38)14-19(39)12-17)46-27(50)16-44-32-28(33(42)43)23-15-24(23)36(32,40)41/h5-8,11-12,14,23-24,26-27,44,46,50-51H,13,15-16H2,1-4H3,(H3,42,43)(H,47,48)/p+1. The lowest BCUT2D eigenvalue weighted by Gasteiger charge is -2.25. The van der Waals surface area contributed by atoms with Crippen LogP contribution >= 0.6 is 11.6 Å². The number of halogens is 5. The number of nitrogens with zero attached hydrogens (tertiary/aromatic N) is 3. The Morgan fingerprint density at radius 1 is 1.20 bits per heavy atom. The third kappa shape index (κ3) is 8.23. The van der Waals surface area contributed by atoms with E-state index in [9.17, 15) is 27.4 Å². The number of nitrogens with one attached hydrogen (secondary N) is 3. The summed E-state index contributed by atoms with van der Waals surface area (Å²) in [7, 11) is -2.21. The minimum Gasteiger partial charge on any atom is -0.384 e. The molecule has 54 heavy (non-hydrogen) atoms. The molecule has 6 rings (SSSR count). The highest BCUT2D eigenvalue weighted by molar-refractivity contribution is 7.92. The number of alkyl halides is 2. The number of aryl methyl sites for hydroxylation is 1. The topological polar surface area (TPSA) is 196 Å². The molecule has 12 nitrogen and oxygen atoms in total. The predicted octanol–water partition coefficient (Wildman–Crippen LogP) is 3.29. The molecule has 2 aliphatic rings. The molecule has 18 heteroatoms. The largest absolute Gasteiger partial charge is 0.384 e. The fourth-order valence-corrected chi connectivity index (χ4v) is 7.65. The summed E-state index contributed by atoms with van der Waals surface area (Å²) in [5.74, 6) is -1.44. The van der Waals surface area contributed by atoms with Crippen molar-refractivity contribution in [1.82, 2.24) is 20.1 Å². The van der Waals surface area contributed by atoms with Gasteiger partial charge in [0.15, 0.2) is 17.7 Å². The van der Waals surface area contributed by atoms with E-state index >= 15 is 8.78 Å². The Morgan fingerprint density at radius 3 is 2.50 bits per heavy atom. The van der Waals surface area contributed by atoms with E-state index in [1.807, 2.05) is 0 Å². The molecule has 4 aromatic rings. The van der Waals surface area contributed by atoms with Crippen molar-refractivity contribution in [3.8, 4) is 23.0 Å². The molecule has 4 unspecified atom stereocenters. The second-order valence-electron chi connectivity index (χ2n) is 14.1. The summed E-state index contributed by atoms with van der Waals surface area (Å²) < 4.78 is 87.6. The molecule has 2 aliphatic carbocycles. The first-order valence-corrected chi connectivity index (χ1v) is 19.0. The molecule has 4 atom stereocenters. The first-order valence-electron chi connectivity index (χ1n) is 16.7. The monoisotopic (exact) mass is 789 g/mol. The summed E-state index contributed by atoms with van der Waals surface area (Å²) in [5, 5.41) is 38.5. The maximum atomic E-state index is 15.2. The van der Waals surface area contributed by atoms with Gasteiger partial charge in [0.1, 0.15) is 35.3 Å². The molecule has 1 saturated carbocycles. The Labute approximate surface area is 313 Å². The minimum atomic E-state index is -3.78. The quantitative estimate of drug-likeness (QED) is 0.0374. The number of hydrogen-bond acceptors (Lipinski definition) is 8. The second kappa shape index (κ2) is 14.3. The maximum absolute atomic E-state index is 15.2. The Balaban J connectivity index is 1.49. The van der Waals surface area contributed by atoms with Crippen LogP contribution in [0.2, 0.25) is 5.02 Å². The number of fused-ring (bicyclic) bond motifs is 2. The van der Waals surface area contributed by atoms with Gasteiger partial charge in [0, 0.05) is 36.1 Å². The number of nitrogens with two attached hydrogens (primary N) is 2. The van der Waals surface area contributed by atoms with Gasteiger partial charge in [0.25, 0.3) is 0 Å². The van der Waals surface area contributed by atoms with E-state index in [0.717, 1.165) is 23.7 Å². The number of amidine groups is 1. The van der Waals surface area contributed by atoms with Crippen molar-refractivity contribution in [2.75, 3.05) is 17.5 Å². The Kier molecular flexibility index (Phi) is 10.3. The summed E-state index contributed by atoms with van der Waals surface area (Å²) in [6.07, 6.45) is -0.537. The van der Waals surface area contributed by atoms with Crippen molar-refractivity contribution in [3.63, 3.8) is 0 Å². The predicted molar refractivity (Wildman–Crippen MR) is 195 cm³/mol. The van der Waals surface area contributed by atoms with Gasteiger partial charge in [-0.3, -0.25) is 20.1 Å². The van der Waals surface area contributed by atoms with Crippen LogP contribution in [0.15, 0.2) is 53.7 Å².